The first kappa shape index (κ1) is 13.0. The van der Waals surface area contributed by atoms with Crippen molar-refractivity contribution in [2.45, 2.75) is 44.4 Å². The van der Waals surface area contributed by atoms with Gasteiger partial charge in [0.15, 0.2) is 0 Å². The van der Waals surface area contributed by atoms with Gasteiger partial charge in [-0.3, -0.25) is 0 Å². The molecule has 3 rings (SSSR count). The smallest absolute Gasteiger partial charge is 0.122 e. The van der Waals surface area contributed by atoms with Crippen molar-refractivity contribution >= 4 is 0 Å². The van der Waals surface area contributed by atoms with Gasteiger partial charge >= 0.3 is 0 Å². The van der Waals surface area contributed by atoms with Crippen LogP contribution in [0.3, 0.4) is 0 Å². The van der Waals surface area contributed by atoms with E-state index in [4.69, 9.17) is 4.74 Å². The summed E-state index contributed by atoms with van der Waals surface area (Å²) >= 11 is 0. The van der Waals surface area contributed by atoms with E-state index in [-0.39, 0.29) is 0 Å². The third-order valence-corrected chi connectivity index (χ3v) is 5.38. The second-order valence-corrected chi connectivity index (χ2v) is 6.70. The fraction of sp³-hybridized carbons (Fsp3) is 0.647. The van der Waals surface area contributed by atoms with E-state index in [9.17, 15) is 0 Å². The van der Waals surface area contributed by atoms with E-state index >= 15 is 0 Å². The molecule has 0 amide bonds. The zero-order valence-electron chi connectivity index (χ0n) is 12.4. The van der Waals surface area contributed by atoms with Gasteiger partial charge < -0.3 is 10.1 Å². The Hall–Kier alpha value is -1.02. The van der Waals surface area contributed by atoms with E-state index in [1.807, 2.05) is 0 Å². The average Bonchev–Trinajstić information content (AvgIpc) is 2.32. The first-order valence-electron chi connectivity index (χ1n) is 7.43. The number of nitrogens with one attached hydrogen (secondary N) is 1. The van der Waals surface area contributed by atoms with E-state index < -0.39 is 0 Å². The third-order valence-electron chi connectivity index (χ3n) is 5.38. The summed E-state index contributed by atoms with van der Waals surface area (Å²) in [5.74, 6) is 1.03. The Kier molecular flexibility index (Phi) is 3.09. The van der Waals surface area contributed by atoms with E-state index in [0.717, 1.165) is 12.3 Å². The van der Waals surface area contributed by atoms with Crippen molar-refractivity contribution in [2.24, 2.45) is 5.41 Å². The van der Waals surface area contributed by atoms with Crippen LogP contribution in [0.5, 0.6) is 5.75 Å². The van der Waals surface area contributed by atoms with Crippen LogP contribution in [0.4, 0.5) is 0 Å². The largest absolute Gasteiger partial charge is 0.496 e. The molecule has 2 aliphatic rings. The van der Waals surface area contributed by atoms with Gasteiger partial charge in [-0.1, -0.05) is 18.6 Å². The zero-order chi connectivity index (χ0) is 13.5. The van der Waals surface area contributed by atoms with E-state index in [2.05, 4.69) is 37.5 Å². The van der Waals surface area contributed by atoms with Crippen molar-refractivity contribution in [1.82, 2.24) is 5.32 Å². The van der Waals surface area contributed by atoms with Gasteiger partial charge in [0, 0.05) is 12.0 Å². The molecule has 2 nitrogen and oxygen atoms in total. The maximum Gasteiger partial charge on any atom is 0.122 e. The molecule has 1 aromatic carbocycles. The molecule has 2 fully saturated rings. The van der Waals surface area contributed by atoms with Crippen LogP contribution in [0.1, 0.15) is 43.2 Å². The molecule has 2 heteroatoms. The van der Waals surface area contributed by atoms with Crippen LogP contribution < -0.4 is 10.1 Å². The number of aryl methyl sites for hydroxylation is 1. The predicted molar refractivity (Wildman–Crippen MR) is 78.9 cm³/mol. The van der Waals surface area contributed by atoms with Gasteiger partial charge in [0.2, 0.25) is 0 Å². The molecule has 2 aliphatic carbocycles. The molecule has 1 aromatic rings. The van der Waals surface area contributed by atoms with Crippen LogP contribution in [0.25, 0.3) is 0 Å². The second-order valence-electron chi connectivity index (χ2n) is 6.70. The van der Waals surface area contributed by atoms with Gasteiger partial charge in [0.25, 0.3) is 0 Å². The van der Waals surface area contributed by atoms with Crippen LogP contribution in [0, 0.1) is 12.3 Å². The number of benzene rings is 1. The summed E-state index contributed by atoms with van der Waals surface area (Å²) in [5.41, 5.74) is 3.72. The number of rotatable bonds is 4. The van der Waals surface area contributed by atoms with Gasteiger partial charge in [-0.25, -0.2) is 0 Å². The molecule has 0 saturated heterocycles. The van der Waals surface area contributed by atoms with Crippen molar-refractivity contribution in [1.29, 1.82) is 0 Å². The molecule has 1 spiro atoms. The molecule has 0 aromatic heterocycles. The molecule has 0 heterocycles. The fourth-order valence-corrected chi connectivity index (χ4v) is 4.33. The monoisotopic (exact) mass is 259 g/mol. The van der Waals surface area contributed by atoms with E-state index in [1.165, 1.54) is 43.2 Å². The zero-order valence-corrected chi connectivity index (χ0v) is 12.4. The third kappa shape index (κ3) is 1.97. The summed E-state index contributed by atoms with van der Waals surface area (Å²) in [6.45, 7) is 3.20. The van der Waals surface area contributed by atoms with Crippen molar-refractivity contribution in [2.75, 3.05) is 20.7 Å². The standard InChI is InChI=1S/C17H25NO/c1-13-5-6-14(9-15(13)19-3)17(12-18-2)10-16(11-17)7-4-8-16/h5-6,9,18H,4,7-8,10-12H2,1-3H3. The highest BCUT2D eigenvalue weighted by atomic mass is 16.5. The maximum atomic E-state index is 5.50. The van der Waals surface area contributed by atoms with Gasteiger partial charge in [-0.15, -0.1) is 0 Å². The molecule has 2 saturated carbocycles. The first-order valence-corrected chi connectivity index (χ1v) is 7.43. The highest BCUT2D eigenvalue weighted by molar-refractivity contribution is 5.42. The summed E-state index contributed by atoms with van der Waals surface area (Å²) in [6, 6.07) is 6.77. The Labute approximate surface area is 116 Å². The highest BCUT2D eigenvalue weighted by Gasteiger charge is 2.57. The molecule has 0 atom stereocenters. The molecular formula is C17H25NO. The number of ether oxygens (including phenoxy) is 1. The topological polar surface area (TPSA) is 21.3 Å². The minimum atomic E-state index is 0.343. The number of likely N-dealkylation sites (N-methyl/N-ethyl adjacent to an activating group) is 1. The normalized spacial score (nSPS) is 22.7. The Morgan fingerprint density at radius 1 is 1.26 bits per heavy atom. The Morgan fingerprint density at radius 2 is 2.00 bits per heavy atom. The predicted octanol–water partition coefficient (Wildman–Crippen LogP) is 3.42. The van der Waals surface area contributed by atoms with Crippen molar-refractivity contribution in [3.05, 3.63) is 29.3 Å². The van der Waals surface area contributed by atoms with Crippen molar-refractivity contribution < 1.29 is 4.74 Å². The average molecular weight is 259 g/mol. The number of hydrogen-bond donors (Lipinski definition) is 1. The Balaban J connectivity index is 1.88. The lowest BCUT2D eigenvalue weighted by atomic mass is 9.43. The Morgan fingerprint density at radius 3 is 2.53 bits per heavy atom. The minimum absolute atomic E-state index is 0.343. The number of hydrogen-bond acceptors (Lipinski definition) is 2. The summed E-state index contributed by atoms with van der Waals surface area (Å²) in [7, 11) is 3.84. The minimum Gasteiger partial charge on any atom is -0.496 e. The lowest BCUT2D eigenvalue weighted by Crippen LogP contribution is -2.57. The summed E-state index contributed by atoms with van der Waals surface area (Å²) in [6.07, 6.45) is 7.04. The number of methoxy groups -OCH3 is 1. The summed E-state index contributed by atoms with van der Waals surface area (Å²) in [5, 5.41) is 3.41. The van der Waals surface area contributed by atoms with Crippen LogP contribution in [0.2, 0.25) is 0 Å². The van der Waals surface area contributed by atoms with E-state index in [0.29, 0.717) is 10.8 Å². The molecule has 0 bridgehead atoms. The SMILES string of the molecule is CNCC1(c2ccc(C)c(OC)c2)CC2(CCC2)C1. The van der Waals surface area contributed by atoms with Crippen LogP contribution in [-0.4, -0.2) is 20.7 Å². The Bertz CT molecular complexity index is 468. The maximum absolute atomic E-state index is 5.50. The lowest BCUT2D eigenvalue weighted by molar-refractivity contribution is -0.0476. The van der Waals surface area contributed by atoms with Crippen molar-refractivity contribution in [3.63, 3.8) is 0 Å². The quantitative estimate of drug-likeness (QED) is 0.894. The molecule has 0 unspecified atom stereocenters. The van der Waals surface area contributed by atoms with Gasteiger partial charge in [0.1, 0.15) is 5.75 Å². The molecule has 0 radical (unpaired) electrons. The van der Waals surface area contributed by atoms with Crippen LogP contribution in [0.15, 0.2) is 18.2 Å². The van der Waals surface area contributed by atoms with Gasteiger partial charge in [0.05, 0.1) is 7.11 Å². The lowest BCUT2D eigenvalue weighted by Gasteiger charge is -2.61. The first-order chi connectivity index (χ1) is 9.13. The molecular weight excluding hydrogens is 234 g/mol. The summed E-state index contributed by atoms with van der Waals surface area (Å²) in [4.78, 5) is 0. The second kappa shape index (κ2) is 4.52. The van der Waals surface area contributed by atoms with Crippen molar-refractivity contribution in [3.8, 4) is 5.75 Å². The fourth-order valence-electron chi connectivity index (χ4n) is 4.33. The molecule has 104 valence electrons. The van der Waals surface area contributed by atoms with Crippen LogP contribution >= 0.6 is 0 Å². The molecule has 0 aliphatic heterocycles. The van der Waals surface area contributed by atoms with Gasteiger partial charge in [-0.2, -0.15) is 0 Å². The highest BCUT2D eigenvalue weighted by Crippen LogP contribution is 2.64. The van der Waals surface area contributed by atoms with E-state index in [1.54, 1.807) is 7.11 Å². The molecule has 19 heavy (non-hydrogen) atoms. The molecule has 1 N–H and O–H groups in total. The summed E-state index contributed by atoms with van der Waals surface area (Å²) < 4.78 is 5.50. The van der Waals surface area contributed by atoms with Crippen LogP contribution in [-0.2, 0) is 5.41 Å². The van der Waals surface area contributed by atoms with Gasteiger partial charge in [-0.05, 0) is 62.3 Å².